The average molecular weight is 337 g/mol. The number of aliphatic carboxylic acids is 1. The SMILES string of the molecule is CCCCCCCCCC1(C(=O)O)C=CC=C(CCOC)C1CC. The van der Waals surface area contributed by atoms with E-state index in [9.17, 15) is 9.90 Å². The van der Waals surface area contributed by atoms with Gasteiger partial charge in [0.15, 0.2) is 0 Å². The number of carboxylic acids is 1. The van der Waals surface area contributed by atoms with Crippen molar-refractivity contribution in [1.29, 1.82) is 0 Å². The van der Waals surface area contributed by atoms with Gasteiger partial charge in [0.1, 0.15) is 0 Å². The van der Waals surface area contributed by atoms with Crippen LogP contribution in [0.25, 0.3) is 0 Å². The van der Waals surface area contributed by atoms with Crippen LogP contribution in [0.2, 0.25) is 0 Å². The van der Waals surface area contributed by atoms with Gasteiger partial charge in [-0.3, -0.25) is 4.79 Å². The van der Waals surface area contributed by atoms with Crippen molar-refractivity contribution in [3.8, 4) is 0 Å². The van der Waals surface area contributed by atoms with E-state index in [1.165, 1.54) is 37.7 Å². The van der Waals surface area contributed by atoms with Crippen molar-refractivity contribution in [2.24, 2.45) is 11.3 Å². The van der Waals surface area contributed by atoms with E-state index in [0.29, 0.717) is 6.61 Å². The van der Waals surface area contributed by atoms with Crippen molar-refractivity contribution in [1.82, 2.24) is 0 Å². The first-order chi connectivity index (χ1) is 11.6. The third-order valence-electron chi connectivity index (χ3n) is 5.37. The van der Waals surface area contributed by atoms with Crippen LogP contribution in [-0.2, 0) is 9.53 Å². The Bertz CT molecular complexity index is 425. The van der Waals surface area contributed by atoms with E-state index in [1.807, 2.05) is 12.2 Å². The molecule has 0 bridgehead atoms. The molecule has 0 amide bonds. The molecule has 0 spiro atoms. The summed E-state index contributed by atoms with van der Waals surface area (Å²) in [6, 6.07) is 0. The first-order valence-corrected chi connectivity index (χ1v) is 9.73. The molecular formula is C21H36O3. The lowest BCUT2D eigenvalue weighted by Gasteiger charge is -2.38. The van der Waals surface area contributed by atoms with Crippen LogP contribution in [0.3, 0.4) is 0 Å². The molecule has 3 nitrogen and oxygen atoms in total. The minimum atomic E-state index is -0.726. The molecule has 0 aromatic heterocycles. The fourth-order valence-electron chi connectivity index (χ4n) is 3.97. The van der Waals surface area contributed by atoms with Crippen molar-refractivity contribution in [2.45, 2.75) is 78.1 Å². The highest BCUT2D eigenvalue weighted by atomic mass is 16.5. The maximum Gasteiger partial charge on any atom is 0.314 e. The van der Waals surface area contributed by atoms with Gasteiger partial charge < -0.3 is 9.84 Å². The van der Waals surface area contributed by atoms with Crippen LogP contribution in [0.5, 0.6) is 0 Å². The van der Waals surface area contributed by atoms with Crippen LogP contribution in [0.4, 0.5) is 0 Å². The number of carbonyl (C=O) groups is 1. The van der Waals surface area contributed by atoms with E-state index < -0.39 is 11.4 Å². The second kappa shape index (κ2) is 11.5. The van der Waals surface area contributed by atoms with Gasteiger partial charge in [-0.05, 0) is 25.2 Å². The minimum Gasteiger partial charge on any atom is -0.481 e. The molecule has 0 aliphatic heterocycles. The zero-order valence-electron chi connectivity index (χ0n) is 15.9. The van der Waals surface area contributed by atoms with Crippen molar-refractivity contribution in [3.63, 3.8) is 0 Å². The second-order valence-electron chi connectivity index (χ2n) is 7.02. The number of ether oxygens (including phenoxy) is 1. The largest absolute Gasteiger partial charge is 0.481 e. The summed E-state index contributed by atoms with van der Waals surface area (Å²) in [6.07, 6.45) is 16.9. The number of allylic oxidation sites excluding steroid dienone is 2. The Morgan fingerprint density at radius 2 is 1.83 bits per heavy atom. The second-order valence-corrected chi connectivity index (χ2v) is 7.02. The highest BCUT2D eigenvalue weighted by Gasteiger charge is 2.44. The molecule has 0 saturated carbocycles. The lowest BCUT2D eigenvalue weighted by molar-refractivity contribution is -0.149. The average Bonchev–Trinajstić information content (AvgIpc) is 2.58. The first kappa shape index (κ1) is 21.0. The predicted molar refractivity (Wildman–Crippen MR) is 100 cm³/mol. The van der Waals surface area contributed by atoms with Gasteiger partial charge in [-0.2, -0.15) is 0 Å². The number of hydrogen-bond donors (Lipinski definition) is 1. The van der Waals surface area contributed by atoms with Crippen molar-refractivity contribution in [3.05, 3.63) is 23.8 Å². The molecular weight excluding hydrogens is 300 g/mol. The van der Waals surface area contributed by atoms with Crippen LogP contribution < -0.4 is 0 Å². The summed E-state index contributed by atoms with van der Waals surface area (Å²) in [5, 5.41) is 10.00. The molecule has 0 heterocycles. The molecule has 0 aromatic carbocycles. The molecule has 0 fully saturated rings. The number of unbranched alkanes of at least 4 members (excludes halogenated alkanes) is 6. The van der Waals surface area contributed by atoms with Crippen LogP contribution in [0, 0.1) is 11.3 Å². The monoisotopic (exact) mass is 336 g/mol. The van der Waals surface area contributed by atoms with E-state index in [2.05, 4.69) is 19.9 Å². The summed E-state index contributed by atoms with van der Waals surface area (Å²) in [6.45, 7) is 4.99. The minimum absolute atomic E-state index is 0.0928. The smallest absolute Gasteiger partial charge is 0.314 e. The highest BCUT2D eigenvalue weighted by molar-refractivity contribution is 5.78. The van der Waals surface area contributed by atoms with Crippen LogP contribution in [0.15, 0.2) is 23.8 Å². The molecule has 0 radical (unpaired) electrons. The van der Waals surface area contributed by atoms with Crippen molar-refractivity contribution >= 4 is 5.97 Å². The number of hydrogen-bond acceptors (Lipinski definition) is 2. The topological polar surface area (TPSA) is 46.5 Å². The number of methoxy groups -OCH3 is 1. The van der Waals surface area contributed by atoms with Gasteiger partial charge in [-0.25, -0.2) is 0 Å². The molecule has 3 heteroatoms. The molecule has 1 aliphatic carbocycles. The fraction of sp³-hybridized carbons (Fsp3) is 0.762. The van der Waals surface area contributed by atoms with E-state index >= 15 is 0 Å². The van der Waals surface area contributed by atoms with Crippen molar-refractivity contribution in [2.75, 3.05) is 13.7 Å². The Labute approximate surface area is 148 Å². The molecule has 1 N–H and O–H groups in total. The molecule has 2 unspecified atom stereocenters. The highest BCUT2D eigenvalue weighted by Crippen LogP contribution is 2.45. The Morgan fingerprint density at radius 3 is 2.42 bits per heavy atom. The molecule has 1 rings (SSSR count). The summed E-state index contributed by atoms with van der Waals surface area (Å²) in [7, 11) is 1.70. The fourth-order valence-corrected chi connectivity index (χ4v) is 3.97. The summed E-state index contributed by atoms with van der Waals surface area (Å²) < 4.78 is 5.20. The lowest BCUT2D eigenvalue weighted by Crippen LogP contribution is -2.39. The van der Waals surface area contributed by atoms with Gasteiger partial charge >= 0.3 is 5.97 Å². The standard InChI is InChI=1S/C21H36O3/c1-4-6-7-8-9-10-11-15-21(20(22)23)16-12-13-18(14-17-24-3)19(21)5-2/h12-13,16,19H,4-11,14-15,17H2,1-3H3,(H,22,23). The van der Waals surface area contributed by atoms with Gasteiger partial charge in [-0.15, -0.1) is 0 Å². The number of carboxylic acid groups (broad SMARTS) is 1. The molecule has 2 atom stereocenters. The van der Waals surface area contributed by atoms with Crippen LogP contribution in [0.1, 0.15) is 78.1 Å². The zero-order valence-corrected chi connectivity index (χ0v) is 15.9. The molecule has 24 heavy (non-hydrogen) atoms. The quantitative estimate of drug-likeness (QED) is 0.435. The lowest BCUT2D eigenvalue weighted by atomic mass is 9.64. The van der Waals surface area contributed by atoms with E-state index in [4.69, 9.17) is 4.74 Å². The number of rotatable bonds is 13. The Kier molecular flexibility index (Phi) is 10.0. The first-order valence-electron chi connectivity index (χ1n) is 9.73. The summed E-state index contributed by atoms with van der Waals surface area (Å²) in [5.41, 5.74) is 0.503. The van der Waals surface area contributed by atoms with Crippen molar-refractivity contribution < 1.29 is 14.6 Å². The van der Waals surface area contributed by atoms with Crippen LogP contribution >= 0.6 is 0 Å². The molecule has 1 aliphatic rings. The summed E-state index contributed by atoms with van der Waals surface area (Å²) in [4.78, 5) is 12.2. The zero-order chi connectivity index (χ0) is 17.8. The normalized spacial score (nSPS) is 23.3. The Hall–Kier alpha value is -1.09. The molecule has 138 valence electrons. The maximum absolute atomic E-state index is 12.2. The Balaban J connectivity index is 2.64. The van der Waals surface area contributed by atoms with Gasteiger partial charge in [-0.1, -0.05) is 82.6 Å². The molecule has 0 aromatic rings. The predicted octanol–water partition coefficient (Wildman–Crippen LogP) is 5.76. The van der Waals surface area contributed by atoms with Gasteiger partial charge in [0.25, 0.3) is 0 Å². The van der Waals surface area contributed by atoms with E-state index in [1.54, 1.807) is 7.11 Å². The third kappa shape index (κ3) is 5.77. The summed E-state index contributed by atoms with van der Waals surface area (Å²) in [5.74, 6) is -0.574. The van der Waals surface area contributed by atoms with Gasteiger partial charge in [0.2, 0.25) is 0 Å². The summed E-state index contributed by atoms with van der Waals surface area (Å²) >= 11 is 0. The van der Waals surface area contributed by atoms with Gasteiger partial charge in [0.05, 0.1) is 5.41 Å². The Morgan fingerprint density at radius 1 is 1.17 bits per heavy atom. The van der Waals surface area contributed by atoms with Gasteiger partial charge in [0, 0.05) is 13.7 Å². The van der Waals surface area contributed by atoms with Crippen LogP contribution in [-0.4, -0.2) is 24.8 Å². The van der Waals surface area contributed by atoms with E-state index in [-0.39, 0.29) is 5.92 Å². The third-order valence-corrected chi connectivity index (χ3v) is 5.37. The maximum atomic E-state index is 12.2. The van der Waals surface area contributed by atoms with E-state index in [0.717, 1.165) is 32.1 Å². The molecule has 0 saturated heterocycles.